The number of aliphatic imine (C=N–C) groups is 1. The molecule has 2 aliphatic rings. The van der Waals surface area contributed by atoms with Gasteiger partial charge in [-0.05, 0) is 44.5 Å². The van der Waals surface area contributed by atoms with Crippen molar-refractivity contribution in [3.8, 4) is 11.3 Å². The van der Waals surface area contributed by atoms with Crippen molar-refractivity contribution in [3.05, 3.63) is 47.9 Å². The number of hydrogen-bond donors (Lipinski definition) is 1. The molecule has 0 saturated carbocycles. The number of anilines is 2. The summed E-state index contributed by atoms with van der Waals surface area (Å²) in [5.74, 6) is 2.24. The summed E-state index contributed by atoms with van der Waals surface area (Å²) in [7, 11) is 1.68. The van der Waals surface area contributed by atoms with E-state index in [4.69, 9.17) is 10.7 Å². The van der Waals surface area contributed by atoms with Crippen molar-refractivity contribution in [2.45, 2.75) is 37.9 Å². The van der Waals surface area contributed by atoms with Crippen LogP contribution in [0, 0.1) is 0 Å². The van der Waals surface area contributed by atoms with Gasteiger partial charge in [-0.2, -0.15) is 13.2 Å². The minimum Gasteiger partial charge on any atom is -0.383 e. The van der Waals surface area contributed by atoms with Gasteiger partial charge in [0.1, 0.15) is 29.5 Å². The average Bonchev–Trinajstić information content (AvgIpc) is 3.28. The van der Waals surface area contributed by atoms with E-state index >= 15 is 0 Å². The topological polar surface area (TPSA) is 101 Å². The highest BCUT2D eigenvalue weighted by atomic mass is 19.4. The van der Waals surface area contributed by atoms with E-state index < -0.39 is 11.9 Å². The van der Waals surface area contributed by atoms with Gasteiger partial charge in [-0.1, -0.05) is 0 Å². The summed E-state index contributed by atoms with van der Waals surface area (Å²) in [6.07, 6.45) is 4.58. The zero-order valence-corrected chi connectivity index (χ0v) is 20.7. The highest BCUT2D eigenvalue weighted by Crippen LogP contribution is 2.34. The molecule has 3 aromatic rings. The molecule has 37 heavy (non-hydrogen) atoms. The molecule has 0 unspecified atom stereocenters. The Balaban J connectivity index is 1.39. The SMILES string of the molecule is C/N=C/c1c(N)ncnc1N1CCC(c2nc(-c3ccnc(C(F)(F)F)c3)cn2CCN2CCC2)CC1. The van der Waals surface area contributed by atoms with Crippen molar-refractivity contribution in [3.63, 3.8) is 0 Å². The fourth-order valence-corrected chi connectivity index (χ4v) is 4.93. The third kappa shape index (κ3) is 5.43. The molecule has 0 spiro atoms. The lowest BCUT2D eigenvalue weighted by atomic mass is 9.95. The Labute approximate surface area is 213 Å². The molecule has 5 rings (SSSR count). The van der Waals surface area contributed by atoms with E-state index in [-0.39, 0.29) is 5.92 Å². The summed E-state index contributed by atoms with van der Waals surface area (Å²) in [5, 5.41) is 0. The quantitative estimate of drug-likeness (QED) is 0.483. The van der Waals surface area contributed by atoms with Crippen molar-refractivity contribution in [1.29, 1.82) is 0 Å². The number of nitrogens with zero attached hydrogens (tertiary/aromatic N) is 8. The van der Waals surface area contributed by atoms with Gasteiger partial charge in [0.15, 0.2) is 0 Å². The molecule has 2 N–H and O–H groups in total. The number of piperidine rings is 1. The van der Waals surface area contributed by atoms with E-state index in [1.807, 2.05) is 6.20 Å². The summed E-state index contributed by atoms with van der Waals surface area (Å²) >= 11 is 0. The van der Waals surface area contributed by atoms with Crippen LogP contribution in [0.25, 0.3) is 11.3 Å². The molecule has 0 amide bonds. The molecular weight excluding hydrogens is 483 g/mol. The first-order chi connectivity index (χ1) is 17.8. The Morgan fingerprint density at radius 3 is 2.57 bits per heavy atom. The molecule has 2 fully saturated rings. The Morgan fingerprint density at radius 2 is 1.89 bits per heavy atom. The Bertz CT molecular complexity index is 1260. The number of rotatable bonds is 7. The van der Waals surface area contributed by atoms with Crippen LogP contribution in [0.2, 0.25) is 0 Å². The standard InChI is InChI=1S/C25H30F3N9/c1-30-14-19-22(29)32-16-33-24(19)36-9-4-17(5-10-36)23-34-20(15-37(23)12-11-35-7-2-8-35)18-3-6-31-21(13-18)25(26,27)28/h3,6,13-17H,2,4-5,7-12H2,1H3,(H2,29,32,33)/b30-14+. The smallest absolute Gasteiger partial charge is 0.383 e. The van der Waals surface area contributed by atoms with Crippen LogP contribution in [-0.2, 0) is 12.7 Å². The lowest BCUT2D eigenvalue weighted by Gasteiger charge is -2.34. The highest BCUT2D eigenvalue weighted by Gasteiger charge is 2.33. The van der Waals surface area contributed by atoms with Crippen LogP contribution < -0.4 is 10.6 Å². The molecule has 0 atom stereocenters. The van der Waals surface area contributed by atoms with Crippen LogP contribution in [0.5, 0.6) is 0 Å². The second kappa shape index (κ2) is 10.4. The van der Waals surface area contributed by atoms with Crippen LogP contribution >= 0.6 is 0 Å². The van der Waals surface area contributed by atoms with Gasteiger partial charge in [-0.25, -0.2) is 15.0 Å². The first-order valence-electron chi connectivity index (χ1n) is 12.4. The fourth-order valence-electron chi connectivity index (χ4n) is 4.93. The van der Waals surface area contributed by atoms with Crippen molar-refractivity contribution >= 4 is 17.9 Å². The maximum absolute atomic E-state index is 13.3. The zero-order valence-electron chi connectivity index (χ0n) is 20.7. The summed E-state index contributed by atoms with van der Waals surface area (Å²) in [6, 6.07) is 2.66. The zero-order chi connectivity index (χ0) is 26.0. The minimum absolute atomic E-state index is 0.174. The van der Waals surface area contributed by atoms with Crippen molar-refractivity contribution < 1.29 is 13.2 Å². The monoisotopic (exact) mass is 513 g/mol. The molecule has 2 aliphatic heterocycles. The first kappa shape index (κ1) is 25.1. The second-order valence-corrected chi connectivity index (χ2v) is 9.45. The van der Waals surface area contributed by atoms with E-state index in [0.717, 1.165) is 69.8 Å². The molecule has 2 saturated heterocycles. The largest absolute Gasteiger partial charge is 0.433 e. The van der Waals surface area contributed by atoms with Crippen LogP contribution in [0.15, 0.2) is 35.8 Å². The number of aromatic nitrogens is 5. The van der Waals surface area contributed by atoms with E-state index in [9.17, 15) is 13.2 Å². The lowest BCUT2D eigenvalue weighted by Crippen LogP contribution is -2.39. The maximum Gasteiger partial charge on any atom is 0.433 e. The number of halogens is 3. The van der Waals surface area contributed by atoms with Crippen LogP contribution in [0.1, 0.15) is 42.3 Å². The highest BCUT2D eigenvalue weighted by molar-refractivity contribution is 5.91. The number of alkyl halides is 3. The van der Waals surface area contributed by atoms with Crippen molar-refractivity contribution in [2.75, 3.05) is 50.4 Å². The average molecular weight is 514 g/mol. The first-order valence-corrected chi connectivity index (χ1v) is 12.4. The molecule has 5 heterocycles. The Morgan fingerprint density at radius 1 is 1.11 bits per heavy atom. The Kier molecular flexibility index (Phi) is 7.09. The molecule has 0 radical (unpaired) electrons. The normalized spacial score (nSPS) is 17.5. The molecule has 196 valence electrons. The predicted octanol–water partition coefficient (Wildman–Crippen LogP) is 3.47. The molecule has 9 nitrogen and oxygen atoms in total. The van der Waals surface area contributed by atoms with Crippen LogP contribution in [-0.4, -0.2) is 75.4 Å². The van der Waals surface area contributed by atoms with Gasteiger partial charge >= 0.3 is 6.18 Å². The van der Waals surface area contributed by atoms with Gasteiger partial charge in [0.25, 0.3) is 0 Å². The number of imidazole rings is 1. The molecule has 0 aliphatic carbocycles. The number of pyridine rings is 1. The third-order valence-corrected chi connectivity index (χ3v) is 7.07. The van der Waals surface area contributed by atoms with Crippen molar-refractivity contribution in [2.24, 2.45) is 4.99 Å². The van der Waals surface area contributed by atoms with Crippen LogP contribution in [0.4, 0.5) is 24.8 Å². The molecule has 0 aromatic carbocycles. The number of hydrogen-bond acceptors (Lipinski definition) is 8. The number of nitrogens with two attached hydrogens (primary N) is 1. The second-order valence-electron chi connectivity index (χ2n) is 9.45. The number of nitrogen functional groups attached to an aromatic ring is 1. The van der Waals surface area contributed by atoms with Crippen LogP contribution in [0.3, 0.4) is 0 Å². The minimum atomic E-state index is -4.50. The van der Waals surface area contributed by atoms with E-state index in [2.05, 4.69) is 34.3 Å². The van der Waals surface area contributed by atoms with Gasteiger partial charge < -0.3 is 20.1 Å². The molecule has 0 bridgehead atoms. The molecule has 3 aromatic heterocycles. The summed E-state index contributed by atoms with van der Waals surface area (Å²) in [4.78, 5) is 25.5. The van der Waals surface area contributed by atoms with E-state index in [1.165, 1.54) is 18.9 Å². The van der Waals surface area contributed by atoms with E-state index in [1.54, 1.807) is 19.3 Å². The van der Waals surface area contributed by atoms with Gasteiger partial charge in [0.2, 0.25) is 0 Å². The van der Waals surface area contributed by atoms with Gasteiger partial charge in [0.05, 0.1) is 11.3 Å². The summed E-state index contributed by atoms with van der Waals surface area (Å²) < 4.78 is 41.9. The van der Waals surface area contributed by atoms with Gasteiger partial charge in [-0.3, -0.25) is 9.98 Å². The van der Waals surface area contributed by atoms with E-state index in [0.29, 0.717) is 22.6 Å². The molecule has 12 heteroatoms. The Hall–Kier alpha value is -3.54. The van der Waals surface area contributed by atoms with Gasteiger partial charge in [-0.15, -0.1) is 0 Å². The fraction of sp³-hybridized carbons (Fsp3) is 0.480. The predicted molar refractivity (Wildman–Crippen MR) is 136 cm³/mol. The third-order valence-electron chi connectivity index (χ3n) is 7.07. The molecular formula is C25H30F3N9. The summed E-state index contributed by atoms with van der Waals surface area (Å²) in [5.41, 5.74) is 6.82. The lowest BCUT2D eigenvalue weighted by molar-refractivity contribution is -0.141. The maximum atomic E-state index is 13.3. The number of likely N-dealkylation sites (tertiary alicyclic amines) is 1. The summed E-state index contributed by atoms with van der Waals surface area (Å²) in [6.45, 7) is 5.30. The van der Waals surface area contributed by atoms with Gasteiger partial charge in [0, 0.05) is 63.3 Å². The van der Waals surface area contributed by atoms with Crippen molar-refractivity contribution in [1.82, 2.24) is 29.4 Å².